The number of nitrogens with zero attached hydrogens (tertiary/aromatic N) is 4. The number of aromatic nitrogens is 4. The number of anilines is 3. The van der Waals surface area contributed by atoms with Crippen LogP contribution in [0.25, 0.3) is 10.9 Å². The average molecular weight is 493 g/mol. The quantitative estimate of drug-likeness (QED) is 0.333. The molecule has 1 amide bonds. The van der Waals surface area contributed by atoms with Crippen molar-refractivity contribution < 1.29 is 14.3 Å². The third kappa shape index (κ3) is 4.54. The summed E-state index contributed by atoms with van der Waals surface area (Å²) in [5.41, 5.74) is 5.00. The SMILES string of the molecule is COc1ccc(COc2nc(N3CCc4ccccc43)ncc2C(=O)Nc2ccc3[nH]ncc3c2)cc1. The molecule has 0 saturated heterocycles. The number of rotatable bonds is 7. The molecule has 0 aliphatic carbocycles. The Morgan fingerprint density at radius 1 is 1.08 bits per heavy atom. The van der Waals surface area contributed by atoms with Gasteiger partial charge in [0.25, 0.3) is 5.91 Å². The number of carbonyl (C=O) groups excluding carboxylic acids is 1. The monoisotopic (exact) mass is 492 g/mol. The van der Waals surface area contributed by atoms with Gasteiger partial charge in [0, 0.05) is 29.5 Å². The van der Waals surface area contributed by atoms with E-state index in [2.05, 4.69) is 32.6 Å². The average Bonchev–Trinajstić information content (AvgIpc) is 3.59. The highest BCUT2D eigenvalue weighted by Crippen LogP contribution is 2.33. The Kier molecular flexibility index (Phi) is 5.86. The van der Waals surface area contributed by atoms with Gasteiger partial charge >= 0.3 is 0 Å². The van der Waals surface area contributed by atoms with E-state index in [0.29, 0.717) is 11.6 Å². The highest BCUT2D eigenvalue weighted by Gasteiger charge is 2.25. The van der Waals surface area contributed by atoms with Crippen LogP contribution in [-0.2, 0) is 13.0 Å². The van der Waals surface area contributed by atoms with Crippen LogP contribution < -0.4 is 19.7 Å². The largest absolute Gasteiger partial charge is 0.497 e. The van der Waals surface area contributed by atoms with Crippen molar-refractivity contribution in [1.29, 1.82) is 0 Å². The van der Waals surface area contributed by atoms with Gasteiger partial charge in [-0.05, 0) is 53.9 Å². The molecule has 1 aliphatic rings. The third-order valence-corrected chi connectivity index (χ3v) is 6.35. The van der Waals surface area contributed by atoms with Crippen LogP contribution in [0.5, 0.6) is 11.6 Å². The van der Waals surface area contributed by atoms with Gasteiger partial charge < -0.3 is 19.7 Å². The zero-order valence-electron chi connectivity index (χ0n) is 20.1. The van der Waals surface area contributed by atoms with Crippen LogP contribution in [-0.4, -0.2) is 39.7 Å². The number of H-pyrrole nitrogens is 1. The number of hydrogen-bond acceptors (Lipinski definition) is 7. The lowest BCUT2D eigenvalue weighted by molar-refractivity contribution is 0.102. The molecule has 9 nitrogen and oxygen atoms in total. The molecule has 5 aromatic rings. The van der Waals surface area contributed by atoms with Gasteiger partial charge in [0.1, 0.15) is 17.9 Å². The van der Waals surface area contributed by atoms with Crippen molar-refractivity contribution in [2.75, 3.05) is 23.9 Å². The van der Waals surface area contributed by atoms with E-state index in [9.17, 15) is 4.79 Å². The molecule has 1 aliphatic heterocycles. The molecule has 0 radical (unpaired) electrons. The summed E-state index contributed by atoms with van der Waals surface area (Å²) in [5.74, 6) is 1.11. The predicted molar refractivity (Wildman–Crippen MR) is 141 cm³/mol. The number of aromatic amines is 1. The fourth-order valence-electron chi connectivity index (χ4n) is 4.39. The number of para-hydroxylation sites is 1. The number of hydrogen-bond donors (Lipinski definition) is 2. The van der Waals surface area contributed by atoms with Crippen LogP contribution in [0.1, 0.15) is 21.5 Å². The molecule has 2 N–H and O–H groups in total. The van der Waals surface area contributed by atoms with E-state index in [0.717, 1.165) is 40.9 Å². The minimum Gasteiger partial charge on any atom is -0.497 e. The first-order chi connectivity index (χ1) is 18.2. The molecule has 0 unspecified atom stereocenters. The molecule has 3 heterocycles. The van der Waals surface area contributed by atoms with E-state index in [1.807, 2.05) is 59.5 Å². The van der Waals surface area contributed by atoms with E-state index in [-0.39, 0.29) is 24.0 Å². The van der Waals surface area contributed by atoms with Gasteiger partial charge in [-0.2, -0.15) is 10.1 Å². The van der Waals surface area contributed by atoms with Crippen molar-refractivity contribution in [1.82, 2.24) is 20.2 Å². The normalized spacial score (nSPS) is 12.4. The van der Waals surface area contributed by atoms with Crippen LogP contribution in [0, 0.1) is 0 Å². The van der Waals surface area contributed by atoms with E-state index >= 15 is 0 Å². The molecule has 0 bridgehead atoms. The van der Waals surface area contributed by atoms with Gasteiger partial charge in [-0.15, -0.1) is 0 Å². The van der Waals surface area contributed by atoms with Crippen molar-refractivity contribution in [3.05, 3.63) is 95.8 Å². The summed E-state index contributed by atoms with van der Waals surface area (Å²) in [6.07, 6.45) is 4.14. The molecule has 3 aromatic carbocycles. The molecule has 0 saturated carbocycles. The molecule has 0 atom stereocenters. The van der Waals surface area contributed by atoms with E-state index in [1.54, 1.807) is 13.3 Å². The van der Waals surface area contributed by atoms with Gasteiger partial charge in [-0.1, -0.05) is 30.3 Å². The first-order valence-corrected chi connectivity index (χ1v) is 11.9. The summed E-state index contributed by atoms with van der Waals surface area (Å²) < 4.78 is 11.3. The van der Waals surface area contributed by atoms with E-state index < -0.39 is 0 Å². The van der Waals surface area contributed by atoms with Gasteiger partial charge in [0.15, 0.2) is 0 Å². The first kappa shape index (κ1) is 22.5. The zero-order valence-corrected chi connectivity index (χ0v) is 20.1. The lowest BCUT2D eigenvalue weighted by Gasteiger charge is -2.19. The second kappa shape index (κ2) is 9.62. The predicted octanol–water partition coefficient (Wildman–Crippen LogP) is 4.89. The Morgan fingerprint density at radius 3 is 2.81 bits per heavy atom. The Labute approximate surface area is 213 Å². The second-order valence-corrected chi connectivity index (χ2v) is 8.68. The van der Waals surface area contributed by atoms with Crippen molar-refractivity contribution in [2.45, 2.75) is 13.0 Å². The number of ether oxygens (including phenoxy) is 2. The Balaban J connectivity index is 1.30. The number of methoxy groups -OCH3 is 1. The Bertz CT molecular complexity index is 1580. The number of carbonyl (C=O) groups is 1. The molecular formula is C28H24N6O3. The summed E-state index contributed by atoms with van der Waals surface area (Å²) in [4.78, 5) is 24.6. The Morgan fingerprint density at radius 2 is 1.95 bits per heavy atom. The second-order valence-electron chi connectivity index (χ2n) is 8.68. The van der Waals surface area contributed by atoms with Crippen molar-refractivity contribution >= 4 is 34.1 Å². The van der Waals surface area contributed by atoms with Gasteiger partial charge in [-0.25, -0.2) is 4.98 Å². The van der Waals surface area contributed by atoms with Gasteiger partial charge in [-0.3, -0.25) is 9.89 Å². The molecule has 0 spiro atoms. The molecule has 9 heteroatoms. The summed E-state index contributed by atoms with van der Waals surface area (Å²) >= 11 is 0. The zero-order chi connectivity index (χ0) is 25.2. The van der Waals surface area contributed by atoms with Gasteiger partial charge in [0.05, 0.1) is 18.8 Å². The lowest BCUT2D eigenvalue weighted by Crippen LogP contribution is -2.20. The minimum atomic E-state index is -0.360. The maximum atomic E-state index is 13.3. The number of amides is 1. The highest BCUT2D eigenvalue weighted by atomic mass is 16.5. The van der Waals surface area contributed by atoms with Crippen molar-refractivity contribution in [2.24, 2.45) is 0 Å². The molecule has 6 rings (SSSR count). The van der Waals surface area contributed by atoms with Crippen molar-refractivity contribution in [3.63, 3.8) is 0 Å². The summed E-state index contributed by atoms with van der Waals surface area (Å²) in [6, 6.07) is 21.3. The molecule has 37 heavy (non-hydrogen) atoms. The lowest BCUT2D eigenvalue weighted by atomic mass is 10.2. The molecule has 2 aromatic heterocycles. The first-order valence-electron chi connectivity index (χ1n) is 11.9. The fourth-order valence-corrected chi connectivity index (χ4v) is 4.39. The third-order valence-electron chi connectivity index (χ3n) is 6.35. The minimum absolute atomic E-state index is 0.215. The van der Waals surface area contributed by atoms with Crippen molar-refractivity contribution in [3.8, 4) is 11.6 Å². The summed E-state index contributed by atoms with van der Waals surface area (Å²) in [7, 11) is 1.62. The fraction of sp³-hybridized carbons (Fsp3) is 0.143. The molecule has 0 fully saturated rings. The number of benzene rings is 3. The maximum absolute atomic E-state index is 13.3. The summed E-state index contributed by atoms with van der Waals surface area (Å²) in [5, 5.41) is 10.8. The van der Waals surface area contributed by atoms with Crippen LogP contribution in [0.3, 0.4) is 0 Å². The van der Waals surface area contributed by atoms with Crippen LogP contribution in [0.2, 0.25) is 0 Å². The molecule has 184 valence electrons. The van der Waals surface area contributed by atoms with Crippen LogP contribution in [0.15, 0.2) is 79.1 Å². The number of nitrogens with one attached hydrogen (secondary N) is 2. The molecular weight excluding hydrogens is 468 g/mol. The highest BCUT2D eigenvalue weighted by molar-refractivity contribution is 6.06. The Hall–Kier alpha value is -4.92. The van der Waals surface area contributed by atoms with Gasteiger partial charge in [0.2, 0.25) is 11.8 Å². The van der Waals surface area contributed by atoms with E-state index in [1.165, 1.54) is 11.8 Å². The number of fused-ring (bicyclic) bond motifs is 2. The summed E-state index contributed by atoms with van der Waals surface area (Å²) in [6.45, 7) is 0.992. The maximum Gasteiger partial charge on any atom is 0.262 e. The topological polar surface area (TPSA) is 105 Å². The van der Waals surface area contributed by atoms with E-state index in [4.69, 9.17) is 14.5 Å². The standard InChI is InChI=1S/C28H24N6O3/c1-36-22-9-6-18(7-10-22)17-37-27-23(26(35)31-21-8-11-24-20(14-21)15-30-33-24)16-29-28(32-27)34-13-12-19-4-2-3-5-25(19)34/h2-11,14-16H,12-13,17H2,1H3,(H,30,33)(H,31,35). The van der Waals surface area contributed by atoms with Crippen LogP contribution in [0.4, 0.5) is 17.3 Å². The smallest absolute Gasteiger partial charge is 0.262 e. The van der Waals surface area contributed by atoms with Crippen LogP contribution >= 0.6 is 0 Å².